The summed E-state index contributed by atoms with van der Waals surface area (Å²) in [7, 11) is 4.96. The molecule has 0 radical (unpaired) electrons. The quantitative estimate of drug-likeness (QED) is 0.633. The maximum Gasteiger partial charge on any atom is 0.323 e. The van der Waals surface area contributed by atoms with Gasteiger partial charge in [-0.1, -0.05) is 13.0 Å². The van der Waals surface area contributed by atoms with Crippen LogP contribution in [-0.2, 0) is 4.74 Å². The summed E-state index contributed by atoms with van der Waals surface area (Å²) in [6, 6.07) is 11.8. The highest BCUT2D eigenvalue weighted by Crippen LogP contribution is 2.26. The van der Waals surface area contributed by atoms with Gasteiger partial charge in [-0.3, -0.25) is 4.79 Å². The van der Waals surface area contributed by atoms with E-state index < -0.39 is 6.03 Å². The summed E-state index contributed by atoms with van der Waals surface area (Å²) in [5.41, 5.74) is 1.43. The van der Waals surface area contributed by atoms with Gasteiger partial charge >= 0.3 is 6.03 Å². The third-order valence-electron chi connectivity index (χ3n) is 5.81. The number of nitrogens with zero attached hydrogens (tertiary/aromatic N) is 1. The van der Waals surface area contributed by atoms with Crippen LogP contribution in [0.25, 0.3) is 0 Å². The highest BCUT2D eigenvalue weighted by molar-refractivity contribution is 6.02. The molecule has 0 fully saturated rings. The van der Waals surface area contributed by atoms with E-state index in [2.05, 4.69) is 22.9 Å². The van der Waals surface area contributed by atoms with Crippen LogP contribution in [0.5, 0.6) is 11.5 Å². The molecule has 184 valence electrons. The molecule has 1 aliphatic heterocycles. The fourth-order valence-electron chi connectivity index (χ4n) is 3.73. The van der Waals surface area contributed by atoms with Crippen molar-refractivity contribution in [3.63, 3.8) is 0 Å². The van der Waals surface area contributed by atoms with Crippen molar-refractivity contribution >= 4 is 23.3 Å². The molecule has 9 nitrogen and oxygen atoms in total. The van der Waals surface area contributed by atoms with Gasteiger partial charge in [-0.2, -0.15) is 0 Å². The molecule has 1 aliphatic rings. The average Bonchev–Trinajstić information content (AvgIpc) is 2.83. The topological polar surface area (TPSA) is 101 Å². The lowest BCUT2D eigenvalue weighted by molar-refractivity contribution is 0.0281. The number of nitrogens with one attached hydrogen (secondary N) is 3. The first-order chi connectivity index (χ1) is 16.3. The summed E-state index contributed by atoms with van der Waals surface area (Å²) in [4.78, 5) is 27.5. The molecule has 1 heterocycles. The van der Waals surface area contributed by atoms with Crippen molar-refractivity contribution in [2.75, 3.05) is 51.6 Å². The second kappa shape index (κ2) is 11.7. The lowest BCUT2D eigenvalue weighted by Crippen LogP contribution is -2.44. The van der Waals surface area contributed by atoms with Crippen molar-refractivity contribution in [2.45, 2.75) is 26.0 Å². The number of hydrogen-bond donors (Lipinski definition) is 3. The van der Waals surface area contributed by atoms with Crippen molar-refractivity contribution in [3.8, 4) is 11.5 Å². The molecule has 3 amide bonds. The normalized spacial score (nSPS) is 21.4. The number of carbonyl (C=O) groups excluding carboxylic acids is 2. The monoisotopic (exact) mass is 470 g/mol. The Kier molecular flexibility index (Phi) is 8.72. The molecule has 0 bridgehead atoms. The van der Waals surface area contributed by atoms with Crippen LogP contribution in [0.15, 0.2) is 42.5 Å². The highest BCUT2D eigenvalue weighted by Gasteiger charge is 2.25. The minimum atomic E-state index is -0.436. The second-order valence-corrected chi connectivity index (χ2v) is 8.58. The number of methoxy groups -OCH3 is 2. The van der Waals surface area contributed by atoms with Crippen molar-refractivity contribution in [1.82, 2.24) is 10.2 Å². The lowest BCUT2D eigenvalue weighted by Gasteiger charge is -2.30. The van der Waals surface area contributed by atoms with Crippen molar-refractivity contribution in [2.24, 2.45) is 5.92 Å². The van der Waals surface area contributed by atoms with Crippen LogP contribution < -0.4 is 25.4 Å². The minimum absolute atomic E-state index is 0.0894. The first kappa shape index (κ1) is 25.3. The van der Waals surface area contributed by atoms with E-state index >= 15 is 0 Å². The standard InChI is InChI=1S/C25H34N4O5/c1-16-13-26-17(2)15-34-22-10-9-19(12-21(22)24(30)29(3)14-23(16)33-5)28-25(31)27-18-7-6-8-20(11-18)32-4/h6-12,16-17,23,26H,13-15H2,1-5H3,(H2,27,28,31)/t16-,17-,23-/m1/s1. The van der Waals surface area contributed by atoms with E-state index in [1.54, 1.807) is 68.6 Å². The predicted molar refractivity (Wildman–Crippen MR) is 132 cm³/mol. The van der Waals surface area contributed by atoms with Crippen LogP contribution >= 0.6 is 0 Å². The SMILES string of the molecule is COc1cccc(NC(=O)Nc2ccc3c(c2)C(=O)N(C)C[C@@H](OC)[C@H](C)CN[C@H](C)CO3)c1. The third kappa shape index (κ3) is 6.61. The zero-order chi connectivity index (χ0) is 24.7. The van der Waals surface area contributed by atoms with E-state index in [0.29, 0.717) is 41.6 Å². The van der Waals surface area contributed by atoms with Crippen LogP contribution in [-0.4, -0.2) is 69.9 Å². The number of fused-ring (bicyclic) bond motifs is 1. The molecular formula is C25H34N4O5. The molecular weight excluding hydrogens is 436 g/mol. The van der Waals surface area contributed by atoms with Gasteiger partial charge in [0.25, 0.3) is 5.91 Å². The summed E-state index contributed by atoms with van der Waals surface area (Å²) in [5, 5.41) is 9.00. The first-order valence-electron chi connectivity index (χ1n) is 11.3. The average molecular weight is 471 g/mol. The zero-order valence-corrected chi connectivity index (χ0v) is 20.4. The Labute approximate surface area is 200 Å². The molecule has 34 heavy (non-hydrogen) atoms. The number of rotatable bonds is 4. The Hall–Kier alpha value is -3.30. The summed E-state index contributed by atoms with van der Waals surface area (Å²) in [5.74, 6) is 1.10. The predicted octanol–water partition coefficient (Wildman–Crippen LogP) is 3.43. The first-order valence-corrected chi connectivity index (χ1v) is 11.3. The lowest BCUT2D eigenvalue weighted by atomic mass is 10.0. The van der Waals surface area contributed by atoms with Gasteiger partial charge in [-0.05, 0) is 43.2 Å². The van der Waals surface area contributed by atoms with E-state index in [1.165, 1.54) is 0 Å². The largest absolute Gasteiger partial charge is 0.497 e. The van der Waals surface area contributed by atoms with Crippen molar-refractivity contribution in [3.05, 3.63) is 48.0 Å². The number of hydrogen-bond acceptors (Lipinski definition) is 6. The molecule has 0 aromatic heterocycles. The van der Waals surface area contributed by atoms with E-state index in [4.69, 9.17) is 14.2 Å². The number of anilines is 2. The van der Waals surface area contributed by atoms with Crippen LogP contribution in [0.2, 0.25) is 0 Å². The van der Waals surface area contributed by atoms with Gasteiger partial charge in [0.15, 0.2) is 0 Å². The number of ether oxygens (including phenoxy) is 3. The maximum absolute atomic E-state index is 13.3. The number of amides is 3. The number of benzene rings is 2. The fourth-order valence-corrected chi connectivity index (χ4v) is 3.73. The molecule has 3 atom stereocenters. The molecule has 0 aliphatic carbocycles. The van der Waals surface area contributed by atoms with Gasteiger partial charge in [-0.25, -0.2) is 4.79 Å². The van der Waals surface area contributed by atoms with Gasteiger partial charge in [0.05, 0.1) is 18.8 Å². The minimum Gasteiger partial charge on any atom is -0.497 e. The Morgan fingerprint density at radius 2 is 1.85 bits per heavy atom. The summed E-state index contributed by atoms with van der Waals surface area (Å²) in [6.45, 7) is 5.71. The van der Waals surface area contributed by atoms with Crippen molar-refractivity contribution in [1.29, 1.82) is 0 Å². The number of urea groups is 1. The maximum atomic E-state index is 13.3. The Morgan fingerprint density at radius 1 is 1.12 bits per heavy atom. The van der Waals surface area contributed by atoms with E-state index in [-0.39, 0.29) is 24.0 Å². The molecule has 0 unspecified atom stereocenters. The molecule has 2 aromatic carbocycles. The molecule has 3 rings (SSSR count). The summed E-state index contributed by atoms with van der Waals surface area (Å²) in [6.07, 6.45) is -0.118. The Bertz CT molecular complexity index is 999. The highest BCUT2D eigenvalue weighted by atomic mass is 16.5. The fraction of sp³-hybridized carbons (Fsp3) is 0.440. The second-order valence-electron chi connectivity index (χ2n) is 8.58. The van der Waals surface area contributed by atoms with E-state index in [0.717, 1.165) is 6.54 Å². The summed E-state index contributed by atoms with van der Waals surface area (Å²) >= 11 is 0. The van der Waals surface area contributed by atoms with Crippen LogP contribution in [0, 0.1) is 5.92 Å². The third-order valence-corrected chi connectivity index (χ3v) is 5.81. The Morgan fingerprint density at radius 3 is 2.56 bits per heavy atom. The molecule has 9 heteroatoms. The Balaban J connectivity index is 1.81. The molecule has 2 aromatic rings. The number of likely N-dealkylation sites (N-methyl/N-ethyl adjacent to an activating group) is 1. The van der Waals surface area contributed by atoms with Gasteiger partial charge in [0.1, 0.15) is 18.1 Å². The van der Waals surface area contributed by atoms with E-state index in [1.807, 2.05) is 6.92 Å². The zero-order valence-electron chi connectivity index (χ0n) is 20.4. The number of carbonyl (C=O) groups is 2. The molecule has 0 saturated carbocycles. The van der Waals surface area contributed by atoms with Crippen LogP contribution in [0.4, 0.5) is 16.2 Å². The summed E-state index contributed by atoms with van der Waals surface area (Å²) < 4.78 is 16.8. The van der Waals surface area contributed by atoms with Crippen LogP contribution in [0.3, 0.4) is 0 Å². The van der Waals surface area contributed by atoms with Gasteiger partial charge in [0.2, 0.25) is 0 Å². The van der Waals surface area contributed by atoms with Gasteiger partial charge in [0, 0.05) is 50.7 Å². The van der Waals surface area contributed by atoms with Gasteiger partial charge in [-0.15, -0.1) is 0 Å². The van der Waals surface area contributed by atoms with Gasteiger partial charge < -0.3 is 35.1 Å². The smallest absolute Gasteiger partial charge is 0.323 e. The molecule has 3 N–H and O–H groups in total. The molecule has 0 saturated heterocycles. The van der Waals surface area contributed by atoms with E-state index in [9.17, 15) is 9.59 Å². The van der Waals surface area contributed by atoms with Crippen LogP contribution in [0.1, 0.15) is 24.2 Å². The molecule has 0 spiro atoms. The van der Waals surface area contributed by atoms with Crippen molar-refractivity contribution < 1.29 is 23.8 Å².